The number of aromatic nitrogens is 1. The van der Waals surface area contributed by atoms with Gasteiger partial charge in [0.15, 0.2) is 6.61 Å². The monoisotopic (exact) mass is 450 g/mol. The number of carbonyl (C=O) groups is 3. The smallest absolute Gasteiger partial charge is 0.321 e. The summed E-state index contributed by atoms with van der Waals surface area (Å²) in [6, 6.07) is 5.59. The molecule has 1 aliphatic heterocycles. The number of hydrogen-bond donors (Lipinski definition) is 2. The number of carbonyl (C=O) groups excluding carboxylic acids is 3. The summed E-state index contributed by atoms with van der Waals surface area (Å²) in [5, 5.41) is 4.47. The predicted molar refractivity (Wildman–Crippen MR) is 106 cm³/mol. The van der Waals surface area contributed by atoms with Crippen molar-refractivity contribution in [1.82, 2.24) is 19.9 Å². The van der Waals surface area contributed by atoms with E-state index in [4.69, 9.17) is 9.15 Å². The fourth-order valence-electron chi connectivity index (χ4n) is 3.02. The van der Waals surface area contributed by atoms with Gasteiger partial charge in [-0.05, 0) is 37.1 Å². The van der Waals surface area contributed by atoms with E-state index in [2.05, 4.69) is 10.3 Å². The molecule has 1 saturated heterocycles. The SMILES string of the molecule is O=C(COC(=O)C1CCN(S(=O)(=O)c2cccnc2)CC1)NC(=O)NCc1ccco1. The van der Waals surface area contributed by atoms with Crippen LogP contribution in [0, 0.1) is 5.92 Å². The van der Waals surface area contributed by atoms with Crippen LogP contribution in [0.25, 0.3) is 0 Å². The van der Waals surface area contributed by atoms with E-state index in [1.54, 1.807) is 18.2 Å². The lowest BCUT2D eigenvalue weighted by molar-refractivity contribution is -0.153. The number of sulfonamides is 1. The lowest BCUT2D eigenvalue weighted by atomic mass is 9.98. The van der Waals surface area contributed by atoms with Gasteiger partial charge in [-0.1, -0.05) is 0 Å². The fourth-order valence-corrected chi connectivity index (χ4v) is 4.46. The van der Waals surface area contributed by atoms with Crippen molar-refractivity contribution in [1.29, 1.82) is 0 Å². The maximum Gasteiger partial charge on any atom is 0.321 e. The third-order valence-corrected chi connectivity index (χ3v) is 6.54. The highest BCUT2D eigenvalue weighted by atomic mass is 32.2. The normalized spacial score (nSPS) is 15.2. The van der Waals surface area contributed by atoms with Crippen molar-refractivity contribution in [2.45, 2.75) is 24.3 Å². The van der Waals surface area contributed by atoms with Crippen LogP contribution in [-0.4, -0.2) is 55.3 Å². The topological polar surface area (TPSA) is 148 Å². The van der Waals surface area contributed by atoms with E-state index in [1.807, 2.05) is 5.32 Å². The van der Waals surface area contributed by atoms with Crippen LogP contribution in [0.3, 0.4) is 0 Å². The molecule has 0 radical (unpaired) electrons. The fraction of sp³-hybridized carbons (Fsp3) is 0.368. The molecular formula is C19H22N4O7S. The van der Waals surface area contributed by atoms with Crippen LogP contribution >= 0.6 is 0 Å². The molecular weight excluding hydrogens is 428 g/mol. The second-order valence-electron chi connectivity index (χ2n) is 6.79. The maximum atomic E-state index is 12.6. The zero-order valence-electron chi connectivity index (χ0n) is 16.5. The Bertz CT molecular complexity index is 1000. The largest absolute Gasteiger partial charge is 0.467 e. The van der Waals surface area contributed by atoms with Crippen molar-refractivity contribution in [3.8, 4) is 0 Å². The molecule has 0 aliphatic carbocycles. The lowest BCUT2D eigenvalue weighted by Crippen LogP contribution is -2.42. The van der Waals surface area contributed by atoms with Gasteiger partial charge in [-0.15, -0.1) is 0 Å². The summed E-state index contributed by atoms with van der Waals surface area (Å²) >= 11 is 0. The number of nitrogens with zero attached hydrogens (tertiary/aromatic N) is 2. The average Bonchev–Trinajstić information content (AvgIpc) is 3.30. The van der Waals surface area contributed by atoms with Crippen molar-refractivity contribution in [3.05, 3.63) is 48.7 Å². The number of pyridine rings is 1. The van der Waals surface area contributed by atoms with Crippen molar-refractivity contribution in [3.63, 3.8) is 0 Å². The lowest BCUT2D eigenvalue weighted by Gasteiger charge is -2.29. The number of nitrogens with one attached hydrogen (secondary N) is 2. The van der Waals surface area contributed by atoms with E-state index in [0.717, 1.165) is 0 Å². The highest BCUT2D eigenvalue weighted by Gasteiger charge is 2.33. The molecule has 0 spiro atoms. The van der Waals surface area contributed by atoms with Crippen LogP contribution < -0.4 is 10.6 Å². The number of urea groups is 1. The number of imide groups is 1. The van der Waals surface area contributed by atoms with Crippen LogP contribution in [0.2, 0.25) is 0 Å². The second kappa shape index (κ2) is 10.2. The van der Waals surface area contributed by atoms with Gasteiger partial charge in [0.05, 0.1) is 18.7 Å². The average molecular weight is 450 g/mol. The number of rotatable bonds is 7. The molecule has 0 aromatic carbocycles. The van der Waals surface area contributed by atoms with Gasteiger partial charge in [-0.25, -0.2) is 13.2 Å². The Morgan fingerprint density at radius 2 is 1.97 bits per heavy atom. The quantitative estimate of drug-likeness (QED) is 0.584. The first-order valence-electron chi connectivity index (χ1n) is 9.53. The Morgan fingerprint density at radius 3 is 2.61 bits per heavy atom. The number of hydrogen-bond acceptors (Lipinski definition) is 8. The van der Waals surface area contributed by atoms with Gasteiger partial charge in [0.2, 0.25) is 10.0 Å². The summed E-state index contributed by atoms with van der Waals surface area (Å²) in [5.41, 5.74) is 0. The van der Waals surface area contributed by atoms with Gasteiger partial charge < -0.3 is 14.5 Å². The minimum absolute atomic E-state index is 0.0954. The summed E-state index contributed by atoms with van der Waals surface area (Å²) in [5.74, 6) is -1.39. The zero-order chi connectivity index (χ0) is 22.3. The molecule has 1 fully saturated rings. The molecule has 31 heavy (non-hydrogen) atoms. The van der Waals surface area contributed by atoms with E-state index in [9.17, 15) is 22.8 Å². The van der Waals surface area contributed by atoms with Crippen LogP contribution in [0.1, 0.15) is 18.6 Å². The molecule has 12 heteroatoms. The Kier molecular flexibility index (Phi) is 7.36. The zero-order valence-corrected chi connectivity index (χ0v) is 17.3. The molecule has 3 rings (SSSR count). The van der Waals surface area contributed by atoms with Crippen LogP contribution in [0.4, 0.5) is 4.79 Å². The molecule has 2 N–H and O–H groups in total. The first-order valence-corrected chi connectivity index (χ1v) is 11.0. The van der Waals surface area contributed by atoms with Crippen LogP contribution in [0.15, 0.2) is 52.2 Å². The van der Waals surface area contributed by atoms with Gasteiger partial charge in [0.25, 0.3) is 5.91 Å². The van der Waals surface area contributed by atoms with Crippen molar-refractivity contribution >= 4 is 27.9 Å². The summed E-state index contributed by atoms with van der Waals surface area (Å²) in [7, 11) is -3.67. The van der Waals surface area contributed by atoms with Crippen molar-refractivity contribution in [2.75, 3.05) is 19.7 Å². The van der Waals surface area contributed by atoms with Crippen molar-refractivity contribution < 1.29 is 32.0 Å². The molecule has 2 aromatic rings. The van der Waals surface area contributed by atoms with Gasteiger partial charge in [-0.3, -0.25) is 19.9 Å². The van der Waals surface area contributed by atoms with Gasteiger partial charge in [-0.2, -0.15) is 4.31 Å². The third kappa shape index (κ3) is 6.12. The Hall–Kier alpha value is -3.25. The molecule has 0 saturated carbocycles. The standard InChI is InChI=1S/C19H22N4O7S/c24-17(22-19(26)21-11-15-3-2-10-29-15)13-30-18(25)14-5-8-23(9-6-14)31(27,28)16-4-1-7-20-12-16/h1-4,7,10,12,14H,5-6,8-9,11,13H2,(H2,21,22,24,26). The number of furan rings is 1. The molecule has 166 valence electrons. The molecule has 1 aliphatic rings. The van der Waals surface area contributed by atoms with Crippen LogP contribution in [-0.2, 0) is 30.9 Å². The van der Waals surface area contributed by atoms with Crippen LogP contribution in [0.5, 0.6) is 0 Å². The highest BCUT2D eigenvalue weighted by molar-refractivity contribution is 7.89. The second-order valence-corrected chi connectivity index (χ2v) is 8.72. The molecule has 0 atom stereocenters. The van der Waals surface area contributed by atoms with E-state index in [0.29, 0.717) is 5.76 Å². The van der Waals surface area contributed by atoms with Gasteiger partial charge in [0, 0.05) is 25.5 Å². The molecule has 11 nitrogen and oxygen atoms in total. The number of piperidine rings is 1. The first kappa shape index (κ1) is 22.4. The number of esters is 1. The number of amides is 3. The van der Waals surface area contributed by atoms with Gasteiger partial charge in [0.1, 0.15) is 10.7 Å². The minimum Gasteiger partial charge on any atom is -0.467 e. The maximum absolute atomic E-state index is 12.6. The summed E-state index contributed by atoms with van der Waals surface area (Å²) in [6.45, 7) is -0.204. The van der Waals surface area contributed by atoms with E-state index in [1.165, 1.54) is 29.0 Å². The molecule has 3 amide bonds. The molecule has 3 heterocycles. The molecule has 0 unspecified atom stereocenters. The number of ether oxygens (including phenoxy) is 1. The summed E-state index contributed by atoms with van der Waals surface area (Å²) in [6.07, 6.45) is 4.75. The summed E-state index contributed by atoms with van der Waals surface area (Å²) < 4.78 is 36.5. The third-order valence-electron chi connectivity index (χ3n) is 4.66. The Labute approximate surface area is 178 Å². The van der Waals surface area contributed by atoms with Gasteiger partial charge >= 0.3 is 12.0 Å². The first-order chi connectivity index (χ1) is 14.9. The Morgan fingerprint density at radius 1 is 1.19 bits per heavy atom. The van der Waals surface area contributed by atoms with E-state index >= 15 is 0 Å². The molecule has 0 bridgehead atoms. The molecule has 2 aromatic heterocycles. The van der Waals surface area contributed by atoms with E-state index in [-0.39, 0.29) is 37.4 Å². The minimum atomic E-state index is -3.67. The van der Waals surface area contributed by atoms with Crippen molar-refractivity contribution in [2.24, 2.45) is 5.92 Å². The predicted octanol–water partition coefficient (Wildman–Crippen LogP) is 0.645. The van der Waals surface area contributed by atoms with E-state index < -0.39 is 40.5 Å². The Balaban J connectivity index is 1.38. The highest BCUT2D eigenvalue weighted by Crippen LogP contribution is 2.24. The summed E-state index contributed by atoms with van der Waals surface area (Å²) in [4.78, 5) is 39.5.